The molecule has 2 aromatic carbocycles. The molecule has 146 valence electrons. The van der Waals surface area contributed by atoms with Crippen molar-refractivity contribution in [3.05, 3.63) is 52.6 Å². The van der Waals surface area contributed by atoms with Crippen molar-refractivity contribution in [2.45, 2.75) is 6.92 Å². The van der Waals surface area contributed by atoms with Crippen LogP contribution in [0.4, 0.5) is 0 Å². The molecule has 1 heterocycles. The van der Waals surface area contributed by atoms with Gasteiger partial charge in [0, 0.05) is 12.1 Å². The van der Waals surface area contributed by atoms with Crippen molar-refractivity contribution in [2.24, 2.45) is 0 Å². The molecule has 0 radical (unpaired) electrons. The Hall–Kier alpha value is -3.55. The van der Waals surface area contributed by atoms with Gasteiger partial charge in [-0.15, -0.1) is 0 Å². The van der Waals surface area contributed by atoms with Crippen molar-refractivity contribution in [1.29, 1.82) is 0 Å². The van der Waals surface area contributed by atoms with E-state index < -0.39 is 11.5 Å². The Morgan fingerprint density at radius 1 is 1.04 bits per heavy atom. The van der Waals surface area contributed by atoms with Gasteiger partial charge in [-0.1, -0.05) is 12.1 Å². The predicted octanol–water partition coefficient (Wildman–Crippen LogP) is 2.59. The highest BCUT2D eigenvalue weighted by molar-refractivity contribution is 5.90. The molecular weight excluding hydrogens is 364 g/mol. The third-order valence-electron chi connectivity index (χ3n) is 4.14. The van der Waals surface area contributed by atoms with Crippen molar-refractivity contribution < 1.29 is 23.7 Å². The van der Waals surface area contributed by atoms with Gasteiger partial charge < -0.3 is 18.9 Å². The van der Waals surface area contributed by atoms with E-state index in [1.807, 2.05) is 0 Å². The summed E-state index contributed by atoms with van der Waals surface area (Å²) in [6.45, 7) is 1.83. The Kier molecular flexibility index (Phi) is 5.49. The van der Waals surface area contributed by atoms with E-state index in [9.17, 15) is 9.59 Å². The molecule has 0 fully saturated rings. The Morgan fingerprint density at radius 3 is 2.25 bits per heavy atom. The van der Waals surface area contributed by atoms with Gasteiger partial charge in [0.25, 0.3) is 5.56 Å². The van der Waals surface area contributed by atoms with Gasteiger partial charge in [-0.25, -0.2) is 9.78 Å². The molecule has 0 amide bonds. The van der Waals surface area contributed by atoms with Gasteiger partial charge in [0.2, 0.25) is 11.6 Å². The monoisotopic (exact) mass is 384 g/mol. The highest BCUT2D eigenvalue weighted by atomic mass is 16.5. The highest BCUT2D eigenvalue weighted by Gasteiger charge is 2.22. The summed E-state index contributed by atoms with van der Waals surface area (Å²) in [4.78, 5) is 30.1. The summed E-state index contributed by atoms with van der Waals surface area (Å²) in [7, 11) is 4.41. The van der Waals surface area contributed by atoms with E-state index in [1.54, 1.807) is 43.3 Å². The maximum Gasteiger partial charge on any atom is 0.375 e. The third-order valence-corrected chi connectivity index (χ3v) is 4.14. The second kappa shape index (κ2) is 7.99. The number of para-hydroxylation sites is 1. The fourth-order valence-electron chi connectivity index (χ4n) is 2.90. The number of carbonyl (C=O) groups is 1. The van der Waals surface area contributed by atoms with Crippen LogP contribution in [0.1, 0.15) is 17.5 Å². The zero-order valence-corrected chi connectivity index (χ0v) is 16.0. The minimum Gasteiger partial charge on any atom is -0.493 e. The molecule has 28 heavy (non-hydrogen) atoms. The maximum absolute atomic E-state index is 13.2. The number of esters is 1. The minimum absolute atomic E-state index is 0.139. The van der Waals surface area contributed by atoms with Crippen LogP contribution in [0.25, 0.3) is 16.6 Å². The van der Waals surface area contributed by atoms with E-state index in [-0.39, 0.29) is 12.4 Å². The smallest absolute Gasteiger partial charge is 0.375 e. The van der Waals surface area contributed by atoms with Crippen LogP contribution >= 0.6 is 0 Å². The molecule has 0 N–H and O–H groups in total. The molecule has 8 heteroatoms. The second-order valence-corrected chi connectivity index (χ2v) is 5.70. The third kappa shape index (κ3) is 3.24. The summed E-state index contributed by atoms with van der Waals surface area (Å²) >= 11 is 0. The topological polar surface area (TPSA) is 88.9 Å². The van der Waals surface area contributed by atoms with E-state index in [0.717, 1.165) is 0 Å². The van der Waals surface area contributed by atoms with Crippen LogP contribution in [-0.2, 0) is 4.74 Å². The molecule has 0 aliphatic rings. The Bertz CT molecular complexity index is 1060. The molecule has 0 aliphatic carbocycles. The molecule has 0 atom stereocenters. The number of carbonyl (C=O) groups excluding carboxylic acids is 1. The molecule has 0 aliphatic heterocycles. The number of methoxy groups -OCH3 is 3. The second-order valence-electron chi connectivity index (χ2n) is 5.70. The van der Waals surface area contributed by atoms with Crippen LogP contribution in [0, 0.1) is 0 Å². The molecule has 3 aromatic rings. The van der Waals surface area contributed by atoms with E-state index in [0.29, 0.717) is 33.8 Å². The number of ether oxygens (including phenoxy) is 4. The standard InChI is InChI=1S/C20H20N2O6/c1-5-28-20(24)18-21-14-9-7-6-8-13(14)19(23)22(18)12-10-15(25-2)17(27-4)16(11-12)26-3/h6-11H,5H2,1-4H3. The largest absolute Gasteiger partial charge is 0.493 e. The number of rotatable bonds is 6. The number of hydrogen-bond donors (Lipinski definition) is 0. The summed E-state index contributed by atoms with van der Waals surface area (Å²) in [6, 6.07) is 9.93. The van der Waals surface area contributed by atoms with Crippen LogP contribution in [0.3, 0.4) is 0 Å². The molecule has 0 saturated carbocycles. The zero-order chi connectivity index (χ0) is 20.3. The number of benzene rings is 2. The van der Waals surface area contributed by atoms with Crippen molar-refractivity contribution >= 4 is 16.9 Å². The zero-order valence-electron chi connectivity index (χ0n) is 16.0. The van der Waals surface area contributed by atoms with Gasteiger partial charge in [-0.05, 0) is 19.1 Å². The summed E-state index contributed by atoms with van der Waals surface area (Å²) in [6.07, 6.45) is 0. The first-order valence-corrected chi connectivity index (χ1v) is 8.55. The Balaban J connectivity index is 2.39. The van der Waals surface area contributed by atoms with Crippen molar-refractivity contribution in [2.75, 3.05) is 27.9 Å². The lowest BCUT2D eigenvalue weighted by molar-refractivity contribution is 0.0508. The molecule has 0 bridgehead atoms. The Labute approximate surface area is 161 Å². The molecular formula is C20H20N2O6. The summed E-state index contributed by atoms with van der Waals surface area (Å²) in [5, 5.41) is 0.365. The molecule has 3 rings (SSSR count). The molecule has 0 unspecified atom stereocenters. The molecule has 0 spiro atoms. The lowest BCUT2D eigenvalue weighted by Gasteiger charge is -2.17. The number of fused-ring (bicyclic) bond motifs is 1. The van der Waals surface area contributed by atoms with Gasteiger partial charge >= 0.3 is 5.97 Å². The van der Waals surface area contributed by atoms with E-state index >= 15 is 0 Å². The first-order valence-electron chi connectivity index (χ1n) is 8.55. The van der Waals surface area contributed by atoms with Crippen molar-refractivity contribution in [1.82, 2.24) is 9.55 Å². The van der Waals surface area contributed by atoms with Crippen LogP contribution in [0.2, 0.25) is 0 Å². The number of aromatic nitrogens is 2. The minimum atomic E-state index is -0.709. The van der Waals surface area contributed by atoms with Crippen LogP contribution in [0.5, 0.6) is 17.2 Å². The van der Waals surface area contributed by atoms with E-state index in [1.165, 1.54) is 25.9 Å². The van der Waals surface area contributed by atoms with E-state index in [4.69, 9.17) is 18.9 Å². The molecule has 0 saturated heterocycles. The lowest BCUT2D eigenvalue weighted by atomic mass is 10.2. The van der Waals surface area contributed by atoms with Crippen LogP contribution in [0.15, 0.2) is 41.2 Å². The summed E-state index contributed by atoms with van der Waals surface area (Å²) in [5.74, 6) is 0.200. The van der Waals surface area contributed by atoms with Crippen molar-refractivity contribution in [3.8, 4) is 22.9 Å². The highest BCUT2D eigenvalue weighted by Crippen LogP contribution is 2.39. The quantitative estimate of drug-likeness (QED) is 0.604. The predicted molar refractivity (Wildman–Crippen MR) is 103 cm³/mol. The normalized spacial score (nSPS) is 10.6. The van der Waals surface area contributed by atoms with Gasteiger partial charge in [0.1, 0.15) is 0 Å². The van der Waals surface area contributed by atoms with Crippen molar-refractivity contribution in [3.63, 3.8) is 0 Å². The van der Waals surface area contributed by atoms with Gasteiger partial charge in [-0.3, -0.25) is 9.36 Å². The van der Waals surface area contributed by atoms with Gasteiger partial charge in [-0.2, -0.15) is 0 Å². The fraction of sp³-hybridized carbons (Fsp3) is 0.250. The average molecular weight is 384 g/mol. The van der Waals surface area contributed by atoms with Gasteiger partial charge in [0.05, 0.1) is 44.5 Å². The summed E-state index contributed by atoms with van der Waals surface area (Å²) < 4.78 is 22.3. The van der Waals surface area contributed by atoms with E-state index in [2.05, 4.69) is 4.98 Å². The summed E-state index contributed by atoms with van der Waals surface area (Å²) in [5.41, 5.74) is 0.322. The average Bonchev–Trinajstić information content (AvgIpc) is 2.72. The van der Waals surface area contributed by atoms with Crippen LogP contribution < -0.4 is 19.8 Å². The molecule has 8 nitrogen and oxygen atoms in total. The SMILES string of the molecule is CCOC(=O)c1nc2ccccc2c(=O)n1-c1cc(OC)c(OC)c(OC)c1. The first kappa shape index (κ1) is 19.2. The Morgan fingerprint density at radius 2 is 1.68 bits per heavy atom. The number of hydrogen-bond acceptors (Lipinski definition) is 7. The van der Waals surface area contributed by atoms with Crippen LogP contribution in [-0.4, -0.2) is 43.5 Å². The lowest BCUT2D eigenvalue weighted by Crippen LogP contribution is -2.27. The number of nitrogens with zero attached hydrogens (tertiary/aromatic N) is 2. The molecule has 1 aromatic heterocycles. The first-order chi connectivity index (χ1) is 13.5. The van der Waals surface area contributed by atoms with Gasteiger partial charge in [0.15, 0.2) is 11.5 Å². The maximum atomic E-state index is 13.2. The fourth-order valence-corrected chi connectivity index (χ4v) is 2.90.